The summed E-state index contributed by atoms with van der Waals surface area (Å²) in [7, 11) is 2.99. The Morgan fingerprint density at radius 3 is 2.43 bits per heavy atom. The molecule has 0 fully saturated rings. The molecule has 2 amide bonds. The zero-order valence-corrected chi connectivity index (χ0v) is 17.9. The van der Waals surface area contributed by atoms with Crippen molar-refractivity contribution in [3.05, 3.63) is 57.6 Å². The van der Waals surface area contributed by atoms with Crippen molar-refractivity contribution in [2.45, 2.75) is 6.61 Å². The van der Waals surface area contributed by atoms with Crippen LogP contribution < -0.4 is 20.2 Å². The van der Waals surface area contributed by atoms with Crippen LogP contribution in [-0.2, 0) is 20.9 Å². The second kappa shape index (κ2) is 12.0. The van der Waals surface area contributed by atoms with E-state index in [9.17, 15) is 9.59 Å². The topological polar surface area (TPSA) is 98.2 Å². The van der Waals surface area contributed by atoms with E-state index in [1.807, 2.05) is 0 Å². The first-order chi connectivity index (χ1) is 14.5. The fourth-order valence-corrected chi connectivity index (χ4v) is 2.83. The fourth-order valence-electron chi connectivity index (χ4n) is 2.32. The van der Waals surface area contributed by atoms with Gasteiger partial charge < -0.3 is 19.5 Å². The van der Waals surface area contributed by atoms with E-state index >= 15 is 0 Å². The van der Waals surface area contributed by atoms with E-state index in [0.717, 1.165) is 0 Å². The van der Waals surface area contributed by atoms with Gasteiger partial charge in [-0.25, -0.2) is 5.43 Å². The summed E-state index contributed by atoms with van der Waals surface area (Å²) in [5.41, 5.74) is 3.29. The maximum atomic E-state index is 11.8. The molecule has 10 heteroatoms. The van der Waals surface area contributed by atoms with Gasteiger partial charge in [0.15, 0.2) is 11.5 Å². The number of rotatable bonds is 9. The third kappa shape index (κ3) is 6.62. The van der Waals surface area contributed by atoms with Gasteiger partial charge in [0.25, 0.3) is 0 Å². The van der Waals surface area contributed by atoms with Gasteiger partial charge in [-0.3, -0.25) is 9.59 Å². The lowest BCUT2D eigenvalue weighted by atomic mass is 10.2. The summed E-state index contributed by atoms with van der Waals surface area (Å²) in [6, 6.07) is 10.3. The maximum Gasteiger partial charge on any atom is 0.329 e. The number of amides is 2. The summed E-state index contributed by atoms with van der Waals surface area (Å²) in [6.45, 7) is 0.598. The molecule has 2 aromatic carbocycles. The Morgan fingerprint density at radius 1 is 1.07 bits per heavy atom. The first kappa shape index (κ1) is 23.5. The molecule has 0 aliphatic carbocycles. The second-order valence-electron chi connectivity index (χ2n) is 5.82. The van der Waals surface area contributed by atoms with Crippen LogP contribution >= 0.6 is 23.2 Å². The zero-order chi connectivity index (χ0) is 21.9. The number of para-hydroxylation sites is 1. The Kier molecular flexibility index (Phi) is 9.40. The molecule has 0 aliphatic rings. The Hall–Kier alpha value is -2.81. The molecule has 0 spiro atoms. The molecule has 0 radical (unpaired) electrons. The molecule has 160 valence electrons. The van der Waals surface area contributed by atoms with Gasteiger partial charge in [-0.15, -0.1) is 0 Å². The Balaban J connectivity index is 2.10. The highest BCUT2D eigenvalue weighted by Crippen LogP contribution is 2.32. The van der Waals surface area contributed by atoms with E-state index in [2.05, 4.69) is 15.8 Å². The van der Waals surface area contributed by atoms with Gasteiger partial charge in [0.05, 0.1) is 19.9 Å². The summed E-state index contributed by atoms with van der Waals surface area (Å²) in [5, 5.41) is 7.15. The molecule has 8 nitrogen and oxygen atoms in total. The summed E-state index contributed by atoms with van der Waals surface area (Å²) in [4.78, 5) is 23.4. The summed E-state index contributed by atoms with van der Waals surface area (Å²) < 4.78 is 16.0. The van der Waals surface area contributed by atoms with E-state index in [1.54, 1.807) is 36.4 Å². The van der Waals surface area contributed by atoms with Crippen molar-refractivity contribution >= 4 is 41.2 Å². The minimum atomic E-state index is -0.907. The molecular formula is C20H21Cl2N3O5. The number of carbonyl (C=O) groups is 2. The van der Waals surface area contributed by atoms with E-state index in [1.165, 1.54) is 20.4 Å². The predicted octanol–water partition coefficient (Wildman–Crippen LogP) is 2.79. The quantitative estimate of drug-likeness (QED) is 0.263. The number of hydrogen-bond donors (Lipinski definition) is 2. The minimum Gasteiger partial charge on any atom is -0.493 e. The summed E-state index contributed by atoms with van der Waals surface area (Å²) in [5.74, 6) is -0.903. The number of nitrogens with one attached hydrogen (secondary N) is 2. The minimum absolute atomic E-state index is 0.0913. The van der Waals surface area contributed by atoms with Crippen molar-refractivity contribution in [2.24, 2.45) is 5.10 Å². The number of hydrazone groups is 1. The van der Waals surface area contributed by atoms with Gasteiger partial charge >= 0.3 is 11.8 Å². The molecule has 0 aromatic heterocycles. The number of halogens is 2. The first-order valence-corrected chi connectivity index (χ1v) is 9.56. The van der Waals surface area contributed by atoms with Crippen molar-refractivity contribution < 1.29 is 23.8 Å². The standard InChI is InChI=1S/C20H21Cl2N3O5/c1-28-10-9-23-19(26)20(27)25-24-11-13-5-3-8-17(29-2)18(13)30-12-14-15(21)6-4-7-16(14)22/h3-8,11H,9-10,12H2,1-2H3,(H,23,26)(H,25,27)/b24-11-. The Morgan fingerprint density at radius 2 is 1.77 bits per heavy atom. The largest absolute Gasteiger partial charge is 0.493 e. The lowest BCUT2D eigenvalue weighted by Gasteiger charge is -2.14. The van der Waals surface area contributed by atoms with Gasteiger partial charge in [0.2, 0.25) is 0 Å². The van der Waals surface area contributed by atoms with Crippen LogP contribution in [0, 0.1) is 0 Å². The maximum absolute atomic E-state index is 11.8. The van der Waals surface area contributed by atoms with Crippen LogP contribution in [0.4, 0.5) is 0 Å². The SMILES string of the molecule is COCCNC(=O)C(=O)N/N=C\c1cccc(OC)c1OCc1c(Cl)cccc1Cl. The monoisotopic (exact) mass is 453 g/mol. The molecule has 0 atom stereocenters. The van der Waals surface area contributed by atoms with Gasteiger partial charge in [-0.05, 0) is 24.3 Å². The predicted molar refractivity (Wildman–Crippen MR) is 114 cm³/mol. The third-order valence-electron chi connectivity index (χ3n) is 3.82. The van der Waals surface area contributed by atoms with E-state index in [0.29, 0.717) is 39.3 Å². The highest BCUT2D eigenvalue weighted by atomic mass is 35.5. The van der Waals surface area contributed by atoms with Crippen LogP contribution in [-0.4, -0.2) is 45.4 Å². The van der Waals surface area contributed by atoms with Gasteiger partial charge in [0.1, 0.15) is 6.61 Å². The number of benzene rings is 2. The fraction of sp³-hybridized carbons (Fsp3) is 0.250. The smallest absolute Gasteiger partial charge is 0.329 e. The average molecular weight is 454 g/mol. The number of carbonyl (C=O) groups excluding carboxylic acids is 2. The molecule has 0 saturated heterocycles. The van der Waals surface area contributed by atoms with Crippen molar-refractivity contribution in [2.75, 3.05) is 27.4 Å². The van der Waals surface area contributed by atoms with Crippen LogP contribution in [0.15, 0.2) is 41.5 Å². The van der Waals surface area contributed by atoms with Crippen LogP contribution in [0.25, 0.3) is 0 Å². The molecule has 0 heterocycles. The van der Waals surface area contributed by atoms with Crippen molar-refractivity contribution in [3.8, 4) is 11.5 Å². The second-order valence-corrected chi connectivity index (χ2v) is 6.63. The van der Waals surface area contributed by atoms with E-state index in [-0.39, 0.29) is 13.2 Å². The number of ether oxygens (including phenoxy) is 3. The first-order valence-electron chi connectivity index (χ1n) is 8.80. The van der Waals surface area contributed by atoms with Gasteiger partial charge in [-0.2, -0.15) is 5.10 Å². The molecule has 0 unspecified atom stereocenters. The van der Waals surface area contributed by atoms with Crippen molar-refractivity contribution in [1.29, 1.82) is 0 Å². The molecule has 2 rings (SSSR count). The van der Waals surface area contributed by atoms with Crippen LogP contribution in [0.2, 0.25) is 10.0 Å². The summed E-state index contributed by atoms with van der Waals surface area (Å²) in [6.07, 6.45) is 1.34. The van der Waals surface area contributed by atoms with Crippen LogP contribution in [0.1, 0.15) is 11.1 Å². The molecule has 30 heavy (non-hydrogen) atoms. The average Bonchev–Trinajstić information content (AvgIpc) is 2.73. The highest BCUT2D eigenvalue weighted by molar-refractivity contribution is 6.36. The lowest BCUT2D eigenvalue weighted by molar-refractivity contribution is -0.139. The molecule has 0 bridgehead atoms. The summed E-state index contributed by atoms with van der Waals surface area (Å²) >= 11 is 12.4. The normalized spacial score (nSPS) is 10.7. The third-order valence-corrected chi connectivity index (χ3v) is 4.53. The molecule has 0 saturated carbocycles. The van der Waals surface area contributed by atoms with E-state index in [4.69, 9.17) is 37.4 Å². The Bertz CT molecular complexity index is 901. The molecule has 2 aromatic rings. The zero-order valence-electron chi connectivity index (χ0n) is 16.4. The van der Waals surface area contributed by atoms with Crippen molar-refractivity contribution in [1.82, 2.24) is 10.7 Å². The van der Waals surface area contributed by atoms with Crippen LogP contribution in [0.5, 0.6) is 11.5 Å². The number of methoxy groups -OCH3 is 2. The number of nitrogens with zero attached hydrogens (tertiary/aromatic N) is 1. The lowest BCUT2D eigenvalue weighted by Crippen LogP contribution is -2.39. The molecule has 2 N–H and O–H groups in total. The van der Waals surface area contributed by atoms with E-state index < -0.39 is 11.8 Å². The van der Waals surface area contributed by atoms with Gasteiger partial charge in [-0.1, -0.05) is 35.3 Å². The Labute approximate surface area is 184 Å². The molecular weight excluding hydrogens is 433 g/mol. The van der Waals surface area contributed by atoms with Crippen LogP contribution in [0.3, 0.4) is 0 Å². The molecule has 0 aliphatic heterocycles. The highest BCUT2D eigenvalue weighted by Gasteiger charge is 2.14. The number of hydrogen-bond acceptors (Lipinski definition) is 6. The van der Waals surface area contributed by atoms with Gasteiger partial charge in [0, 0.05) is 34.8 Å². The van der Waals surface area contributed by atoms with Crippen molar-refractivity contribution in [3.63, 3.8) is 0 Å².